The maximum Gasteiger partial charge on any atom is 0.335 e. The molecule has 0 aromatic heterocycles. The number of phenolic OH excluding ortho intramolecular Hbond substituents is 1. The number of carbonyl (C=O) groups is 3. The van der Waals surface area contributed by atoms with Gasteiger partial charge >= 0.3 is 12.0 Å². The van der Waals surface area contributed by atoms with Gasteiger partial charge in [-0.05, 0) is 92.6 Å². The van der Waals surface area contributed by atoms with Gasteiger partial charge in [0.25, 0.3) is 0 Å². The number of likely N-dealkylation sites (tertiary alicyclic amines) is 1. The molecule has 36 heavy (non-hydrogen) atoms. The second-order valence-electron chi connectivity index (χ2n) is 9.84. The van der Waals surface area contributed by atoms with Gasteiger partial charge in [0.2, 0.25) is 5.91 Å². The molecule has 0 unspecified atom stereocenters. The van der Waals surface area contributed by atoms with E-state index in [0.29, 0.717) is 18.2 Å². The molecule has 4 rings (SSSR count). The molecule has 2 aromatic rings. The number of carbonyl (C=O) groups excluding carboxylic acids is 2. The van der Waals surface area contributed by atoms with E-state index in [4.69, 9.17) is 5.11 Å². The molecule has 0 bridgehead atoms. The molecular formula is C27H34N4O5. The van der Waals surface area contributed by atoms with E-state index in [1.807, 2.05) is 0 Å². The third-order valence-electron chi connectivity index (χ3n) is 6.87. The number of anilines is 1. The van der Waals surface area contributed by atoms with Crippen LogP contribution in [-0.4, -0.2) is 65.2 Å². The molecule has 1 saturated carbocycles. The van der Waals surface area contributed by atoms with E-state index in [1.165, 1.54) is 43.7 Å². The number of phenols is 1. The monoisotopic (exact) mass is 494 g/mol. The Kier molecular flexibility index (Phi) is 8.43. The van der Waals surface area contributed by atoms with Gasteiger partial charge in [-0.1, -0.05) is 12.1 Å². The molecule has 9 nitrogen and oxygen atoms in total. The van der Waals surface area contributed by atoms with Crippen molar-refractivity contribution in [2.45, 2.75) is 38.1 Å². The van der Waals surface area contributed by atoms with Crippen molar-refractivity contribution >= 4 is 23.6 Å². The summed E-state index contributed by atoms with van der Waals surface area (Å²) in [4.78, 5) is 39.3. The molecule has 9 heteroatoms. The molecule has 1 aliphatic carbocycles. The summed E-state index contributed by atoms with van der Waals surface area (Å²) < 4.78 is 0. The van der Waals surface area contributed by atoms with Crippen LogP contribution in [0.4, 0.5) is 10.5 Å². The highest BCUT2D eigenvalue weighted by molar-refractivity contribution is 5.94. The zero-order valence-electron chi connectivity index (χ0n) is 20.3. The fourth-order valence-electron chi connectivity index (χ4n) is 4.51. The highest BCUT2D eigenvalue weighted by atomic mass is 16.4. The van der Waals surface area contributed by atoms with Crippen LogP contribution in [0.5, 0.6) is 5.75 Å². The average Bonchev–Trinajstić information content (AvgIpc) is 3.68. The molecule has 1 atom stereocenters. The van der Waals surface area contributed by atoms with Crippen LogP contribution in [-0.2, 0) is 11.2 Å². The van der Waals surface area contributed by atoms with Crippen LogP contribution in [0.25, 0.3) is 0 Å². The molecule has 3 amide bonds. The zero-order valence-corrected chi connectivity index (χ0v) is 20.3. The molecule has 1 saturated heterocycles. The van der Waals surface area contributed by atoms with Crippen molar-refractivity contribution in [3.8, 4) is 5.75 Å². The Balaban J connectivity index is 1.32. The van der Waals surface area contributed by atoms with Crippen molar-refractivity contribution in [1.29, 1.82) is 0 Å². The summed E-state index contributed by atoms with van der Waals surface area (Å²) in [5.74, 6) is 0.114. The van der Waals surface area contributed by atoms with Gasteiger partial charge in [0.1, 0.15) is 11.8 Å². The quantitative estimate of drug-likeness (QED) is 0.345. The Labute approximate surface area is 210 Å². The molecule has 192 valence electrons. The Morgan fingerprint density at radius 3 is 2.19 bits per heavy atom. The topological polar surface area (TPSA) is 131 Å². The van der Waals surface area contributed by atoms with E-state index >= 15 is 0 Å². The number of rotatable bonds is 10. The molecule has 5 N–H and O–H groups in total. The van der Waals surface area contributed by atoms with Gasteiger partial charge in [0.05, 0.1) is 5.56 Å². The molecule has 2 aliphatic rings. The Bertz CT molecular complexity index is 1040. The summed E-state index contributed by atoms with van der Waals surface area (Å²) in [6, 6.07) is 10.9. The second kappa shape index (κ2) is 11.9. The summed E-state index contributed by atoms with van der Waals surface area (Å²) in [5, 5.41) is 27.0. The molecular weight excluding hydrogens is 460 g/mol. The van der Waals surface area contributed by atoms with E-state index in [1.54, 1.807) is 24.3 Å². The lowest BCUT2D eigenvalue weighted by atomic mass is 9.96. The van der Waals surface area contributed by atoms with Gasteiger partial charge in [-0.25, -0.2) is 9.59 Å². The number of aromatic carboxylic acids is 1. The first-order chi connectivity index (χ1) is 17.4. The Morgan fingerprint density at radius 1 is 0.917 bits per heavy atom. The van der Waals surface area contributed by atoms with Crippen molar-refractivity contribution < 1.29 is 24.6 Å². The molecule has 2 aromatic carbocycles. The summed E-state index contributed by atoms with van der Waals surface area (Å²) in [6.45, 7) is 3.90. The number of amides is 3. The molecule has 2 fully saturated rings. The summed E-state index contributed by atoms with van der Waals surface area (Å²) in [7, 11) is 0. The maximum absolute atomic E-state index is 13.1. The van der Waals surface area contributed by atoms with Crippen molar-refractivity contribution in [1.82, 2.24) is 15.5 Å². The number of hydrogen-bond acceptors (Lipinski definition) is 5. The number of hydrogen-bond donors (Lipinski definition) is 5. The van der Waals surface area contributed by atoms with Crippen LogP contribution in [0, 0.1) is 11.8 Å². The van der Waals surface area contributed by atoms with Crippen LogP contribution in [0.3, 0.4) is 0 Å². The number of carboxylic acids is 1. The SMILES string of the molecule is O=C(Nc1ccc(C(=O)O)cc1)N[C@@H](Cc1ccc(O)cc1)C(=O)NCC1CCN(CC2CC2)CC1. The predicted octanol–water partition coefficient (Wildman–Crippen LogP) is 3.06. The average molecular weight is 495 g/mol. The van der Waals surface area contributed by atoms with E-state index < -0.39 is 18.0 Å². The first-order valence-electron chi connectivity index (χ1n) is 12.5. The number of aromatic hydroxyl groups is 1. The van der Waals surface area contributed by atoms with E-state index in [2.05, 4.69) is 20.9 Å². The minimum Gasteiger partial charge on any atom is -0.508 e. The first kappa shape index (κ1) is 25.5. The van der Waals surface area contributed by atoms with Crippen LogP contribution in [0.1, 0.15) is 41.6 Å². The minimum atomic E-state index is -1.05. The lowest BCUT2D eigenvalue weighted by Gasteiger charge is -2.32. The number of piperidine rings is 1. The van der Waals surface area contributed by atoms with Gasteiger partial charge in [-0.15, -0.1) is 0 Å². The van der Waals surface area contributed by atoms with Gasteiger partial charge in [-0.3, -0.25) is 4.79 Å². The van der Waals surface area contributed by atoms with Crippen molar-refractivity contribution in [3.05, 3.63) is 59.7 Å². The smallest absolute Gasteiger partial charge is 0.335 e. The lowest BCUT2D eigenvalue weighted by Crippen LogP contribution is -2.50. The van der Waals surface area contributed by atoms with Crippen LogP contribution >= 0.6 is 0 Å². The zero-order chi connectivity index (χ0) is 25.5. The number of nitrogens with zero attached hydrogens (tertiary/aromatic N) is 1. The molecule has 0 spiro atoms. The van der Waals surface area contributed by atoms with Crippen LogP contribution in [0.15, 0.2) is 48.5 Å². The van der Waals surface area contributed by atoms with Crippen molar-refractivity contribution in [2.24, 2.45) is 11.8 Å². The van der Waals surface area contributed by atoms with Crippen molar-refractivity contribution in [2.75, 3.05) is 31.5 Å². The second-order valence-corrected chi connectivity index (χ2v) is 9.84. The highest BCUT2D eigenvalue weighted by Crippen LogP contribution is 2.31. The normalized spacial score (nSPS) is 17.2. The minimum absolute atomic E-state index is 0.115. The fourth-order valence-corrected chi connectivity index (χ4v) is 4.51. The van der Waals surface area contributed by atoms with E-state index in [9.17, 15) is 19.5 Å². The number of nitrogens with one attached hydrogen (secondary N) is 3. The van der Waals surface area contributed by atoms with Crippen LogP contribution < -0.4 is 16.0 Å². The number of carboxylic acid groups (broad SMARTS) is 1. The van der Waals surface area contributed by atoms with Crippen molar-refractivity contribution in [3.63, 3.8) is 0 Å². The Morgan fingerprint density at radius 2 is 1.58 bits per heavy atom. The maximum atomic E-state index is 13.1. The standard InChI is InChI=1S/C27H34N4O5/c32-23-9-3-18(4-10-23)15-24(30-27(36)29-22-7-5-21(6-8-22)26(34)35)25(33)28-16-19-11-13-31(14-12-19)17-20-1-2-20/h3-10,19-20,24,32H,1-2,11-17H2,(H,28,33)(H,34,35)(H2,29,30,36)/t24-/m0/s1. The van der Waals surface area contributed by atoms with E-state index in [-0.39, 0.29) is 23.6 Å². The van der Waals surface area contributed by atoms with Gasteiger partial charge in [0, 0.05) is 25.2 Å². The molecule has 1 aliphatic heterocycles. The van der Waals surface area contributed by atoms with Gasteiger partial charge in [0.15, 0.2) is 0 Å². The van der Waals surface area contributed by atoms with Gasteiger partial charge < -0.3 is 31.1 Å². The Hall–Kier alpha value is -3.59. The largest absolute Gasteiger partial charge is 0.508 e. The third kappa shape index (κ3) is 7.71. The van der Waals surface area contributed by atoms with Crippen LogP contribution in [0.2, 0.25) is 0 Å². The highest BCUT2D eigenvalue weighted by Gasteiger charge is 2.28. The summed E-state index contributed by atoms with van der Waals surface area (Å²) in [5.41, 5.74) is 1.33. The fraction of sp³-hybridized carbons (Fsp3) is 0.444. The number of benzene rings is 2. The van der Waals surface area contributed by atoms with Gasteiger partial charge in [-0.2, -0.15) is 0 Å². The molecule has 0 radical (unpaired) electrons. The first-order valence-corrected chi connectivity index (χ1v) is 12.5. The third-order valence-corrected chi connectivity index (χ3v) is 6.87. The summed E-state index contributed by atoms with van der Waals surface area (Å²) in [6.07, 6.45) is 5.07. The van der Waals surface area contributed by atoms with E-state index in [0.717, 1.165) is 37.4 Å². The molecule has 1 heterocycles. The predicted molar refractivity (Wildman–Crippen MR) is 136 cm³/mol. The lowest BCUT2D eigenvalue weighted by molar-refractivity contribution is -0.123. The summed E-state index contributed by atoms with van der Waals surface area (Å²) >= 11 is 0. The number of urea groups is 1.